The van der Waals surface area contributed by atoms with Crippen molar-refractivity contribution >= 4 is 24.7 Å². The summed E-state index contributed by atoms with van der Waals surface area (Å²) >= 11 is 0. The first-order valence-corrected chi connectivity index (χ1v) is 16.1. The Morgan fingerprint density at radius 3 is 1.80 bits per heavy atom. The Labute approximate surface area is 239 Å². The SMILES string of the molecule is CC(C)(C)[Si](OC[C@@H]1C[C@H](OC(=O)c2ccccc2)CN1Cc1ccccc1)(c1ccccc1)c1ccccc1. The standard InChI is InChI=1S/C35H39NO3Si/c1-35(2,3)40(32-20-12-6-13-21-32,33-22-14-7-15-23-33)38-27-30-24-31(39-34(37)29-18-10-5-11-19-29)26-36(30)25-28-16-8-4-9-17-28/h4-23,30-31H,24-27H2,1-3H3/t30-,31-/m0/s1. The molecule has 2 atom stereocenters. The molecule has 4 aromatic carbocycles. The van der Waals surface area contributed by atoms with Crippen LogP contribution < -0.4 is 10.4 Å². The molecule has 0 spiro atoms. The maximum absolute atomic E-state index is 12.9. The number of rotatable bonds is 9. The molecule has 206 valence electrons. The number of ether oxygens (including phenoxy) is 1. The molecule has 1 fully saturated rings. The molecule has 0 radical (unpaired) electrons. The summed E-state index contributed by atoms with van der Waals surface area (Å²) in [7, 11) is -2.68. The summed E-state index contributed by atoms with van der Waals surface area (Å²) in [5, 5.41) is 2.44. The maximum atomic E-state index is 12.9. The van der Waals surface area contributed by atoms with E-state index in [1.54, 1.807) is 0 Å². The summed E-state index contributed by atoms with van der Waals surface area (Å²) < 4.78 is 13.4. The monoisotopic (exact) mass is 549 g/mol. The lowest BCUT2D eigenvalue weighted by molar-refractivity contribution is 0.0320. The number of nitrogens with zero attached hydrogens (tertiary/aromatic N) is 1. The van der Waals surface area contributed by atoms with Crippen LogP contribution in [0.5, 0.6) is 0 Å². The van der Waals surface area contributed by atoms with Crippen LogP contribution in [0.1, 0.15) is 43.1 Å². The second-order valence-corrected chi connectivity index (χ2v) is 16.0. The Morgan fingerprint density at radius 2 is 1.27 bits per heavy atom. The van der Waals surface area contributed by atoms with Gasteiger partial charge in [0.05, 0.1) is 12.2 Å². The lowest BCUT2D eigenvalue weighted by Crippen LogP contribution is -2.67. The highest BCUT2D eigenvalue weighted by molar-refractivity contribution is 6.99. The fourth-order valence-corrected chi connectivity index (χ4v) is 10.6. The molecule has 0 saturated carbocycles. The zero-order chi connectivity index (χ0) is 28.0. The number of carbonyl (C=O) groups excluding carboxylic acids is 1. The van der Waals surface area contributed by atoms with E-state index < -0.39 is 8.32 Å². The average Bonchev–Trinajstić information content (AvgIpc) is 3.35. The van der Waals surface area contributed by atoms with Crippen molar-refractivity contribution in [1.82, 2.24) is 4.90 Å². The van der Waals surface area contributed by atoms with Crippen LogP contribution in [0.3, 0.4) is 0 Å². The summed E-state index contributed by atoms with van der Waals surface area (Å²) in [5.74, 6) is -0.265. The van der Waals surface area contributed by atoms with Crippen LogP contribution in [-0.2, 0) is 15.7 Å². The molecule has 0 N–H and O–H groups in total. The molecular weight excluding hydrogens is 510 g/mol. The molecule has 5 rings (SSSR count). The predicted octanol–water partition coefficient (Wildman–Crippen LogP) is 6.06. The van der Waals surface area contributed by atoms with Gasteiger partial charge in [-0.05, 0) is 33.1 Å². The highest BCUT2D eigenvalue weighted by Gasteiger charge is 2.51. The molecule has 1 saturated heterocycles. The molecule has 4 nitrogen and oxygen atoms in total. The number of hydrogen-bond donors (Lipinski definition) is 0. The second kappa shape index (κ2) is 12.3. The van der Waals surface area contributed by atoms with Crippen molar-refractivity contribution in [2.24, 2.45) is 0 Å². The third kappa shape index (κ3) is 6.12. The van der Waals surface area contributed by atoms with Gasteiger partial charge in [-0.3, -0.25) is 4.90 Å². The molecule has 0 amide bonds. The lowest BCUT2D eigenvalue weighted by atomic mass is 10.2. The summed E-state index contributed by atoms with van der Waals surface area (Å²) in [4.78, 5) is 15.4. The zero-order valence-corrected chi connectivity index (χ0v) is 24.7. The highest BCUT2D eigenvalue weighted by Crippen LogP contribution is 2.37. The van der Waals surface area contributed by atoms with Crippen molar-refractivity contribution in [2.45, 2.75) is 50.9 Å². The largest absolute Gasteiger partial charge is 0.457 e. The normalized spacial score (nSPS) is 18.0. The van der Waals surface area contributed by atoms with E-state index in [2.05, 4.69) is 111 Å². The first-order chi connectivity index (χ1) is 19.4. The summed E-state index contributed by atoms with van der Waals surface area (Å²) in [6, 6.07) is 41.4. The van der Waals surface area contributed by atoms with Crippen molar-refractivity contribution < 1.29 is 14.0 Å². The number of hydrogen-bond acceptors (Lipinski definition) is 4. The van der Waals surface area contributed by atoms with Crippen LogP contribution in [-0.4, -0.2) is 44.5 Å². The predicted molar refractivity (Wildman–Crippen MR) is 164 cm³/mol. The minimum atomic E-state index is -2.68. The molecule has 1 aliphatic rings. The lowest BCUT2D eigenvalue weighted by Gasteiger charge is -2.44. The van der Waals surface area contributed by atoms with Gasteiger partial charge in [-0.25, -0.2) is 4.79 Å². The van der Waals surface area contributed by atoms with E-state index >= 15 is 0 Å². The van der Waals surface area contributed by atoms with E-state index in [-0.39, 0.29) is 23.2 Å². The van der Waals surface area contributed by atoms with E-state index in [0.29, 0.717) is 18.7 Å². The maximum Gasteiger partial charge on any atom is 0.338 e. The van der Waals surface area contributed by atoms with Gasteiger partial charge in [-0.15, -0.1) is 0 Å². The third-order valence-electron chi connectivity index (χ3n) is 7.91. The van der Waals surface area contributed by atoms with Crippen molar-refractivity contribution in [2.75, 3.05) is 13.2 Å². The molecule has 0 aromatic heterocycles. The van der Waals surface area contributed by atoms with Crippen LogP contribution in [0.2, 0.25) is 5.04 Å². The van der Waals surface area contributed by atoms with Gasteiger partial charge in [-0.2, -0.15) is 0 Å². The summed E-state index contributed by atoms with van der Waals surface area (Å²) in [6.45, 7) is 8.96. The van der Waals surface area contributed by atoms with Crippen molar-refractivity contribution in [3.63, 3.8) is 0 Å². The topological polar surface area (TPSA) is 38.8 Å². The van der Waals surface area contributed by atoms with E-state index in [1.807, 2.05) is 36.4 Å². The van der Waals surface area contributed by atoms with Gasteiger partial charge in [0, 0.05) is 25.6 Å². The van der Waals surface area contributed by atoms with Crippen molar-refractivity contribution in [3.05, 3.63) is 132 Å². The third-order valence-corrected chi connectivity index (χ3v) is 12.9. The Bertz CT molecular complexity index is 1320. The smallest absolute Gasteiger partial charge is 0.338 e. The fourth-order valence-electron chi connectivity index (χ4n) is 5.98. The number of likely N-dealkylation sites (tertiary alicyclic amines) is 1. The summed E-state index contributed by atoms with van der Waals surface area (Å²) in [5.41, 5.74) is 1.83. The Balaban J connectivity index is 1.43. The first kappa shape index (κ1) is 28.0. The van der Waals surface area contributed by atoms with Crippen LogP contribution >= 0.6 is 0 Å². The molecule has 1 aliphatic heterocycles. The van der Waals surface area contributed by atoms with E-state index in [0.717, 1.165) is 13.0 Å². The molecule has 0 unspecified atom stereocenters. The molecule has 0 bridgehead atoms. The molecular formula is C35H39NO3Si. The molecule has 0 aliphatic carbocycles. The van der Waals surface area contributed by atoms with Crippen LogP contribution in [0.4, 0.5) is 0 Å². The quantitative estimate of drug-likeness (QED) is 0.188. The van der Waals surface area contributed by atoms with Gasteiger partial charge in [0.25, 0.3) is 8.32 Å². The van der Waals surface area contributed by atoms with Crippen LogP contribution in [0.15, 0.2) is 121 Å². The number of benzene rings is 4. The van der Waals surface area contributed by atoms with Crippen molar-refractivity contribution in [1.29, 1.82) is 0 Å². The molecule has 40 heavy (non-hydrogen) atoms. The Kier molecular flexibility index (Phi) is 8.65. The van der Waals surface area contributed by atoms with E-state index in [9.17, 15) is 4.79 Å². The molecule has 1 heterocycles. The van der Waals surface area contributed by atoms with Gasteiger partial charge >= 0.3 is 5.97 Å². The number of esters is 1. The fraction of sp³-hybridized carbons (Fsp3) is 0.286. The Hall–Kier alpha value is -3.51. The molecule has 4 aromatic rings. The summed E-state index contributed by atoms with van der Waals surface area (Å²) in [6.07, 6.45) is 0.549. The first-order valence-electron chi connectivity index (χ1n) is 14.2. The van der Waals surface area contributed by atoms with E-state index in [4.69, 9.17) is 9.16 Å². The average molecular weight is 550 g/mol. The van der Waals surface area contributed by atoms with Gasteiger partial charge in [0.2, 0.25) is 0 Å². The zero-order valence-electron chi connectivity index (χ0n) is 23.7. The Morgan fingerprint density at radius 1 is 0.775 bits per heavy atom. The van der Waals surface area contributed by atoms with Gasteiger partial charge < -0.3 is 9.16 Å². The van der Waals surface area contributed by atoms with Gasteiger partial charge in [0.1, 0.15) is 6.10 Å². The van der Waals surface area contributed by atoms with Crippen molar-refractivity contribution in [3.8, 4) is 0 Å². The van der Waals surface area contributed by atoms with Gasteiger partial charge in [0.15, 0.2) is 0 Å². The highest BCUT2D eigenvalue weighted by atomic mass is 28.4. The minimum absolute atomic E-state index is 0.0995. The molecule has 5 heteroatoms. The van der Waals surface area contributed by atoms with Crippen LogP contribution in [0.25, 0.3) is 0 Å². The van der Waals surface area contributed by atoms with Gasteiger partial charge in [-0.1, -0.05) is 130 Å². The number of carbonyl (C=O) groups is 1. The second-order valence-electron chi connectivity index (χ2n) is 11.7. The van der Waals surface area contributed by atoms with E-state index in [1.165, 1.54) is 15.9 Å². The van der Waals surface area contributed by atoms with Crippen LogP contribution in [0, 0.1) is 0 Å². The minimum Gasteiger partial charge on any atom is -0.457 e.